The van der Waals surface area contributed by atoms with E-state index in [4.69, 9.17) is 4.74 Å². The van der Waals surface area contributed by atoms with Gasteiger partial charge in [-0.15, -0.1) is 0 Å². The molecule has 0 unspecified atom stereocenters. The van der Waals surface area contributed by atoms with Crippen LogP contribution in [0.4, 0.5) is 5.82 Å². The van der Waals surface area contributed by atoms with E-state index in [1.165, 1.54) is 19.8 Å². The van der Waals surface area contributed by atoms with Crippen molar-refractivity contribution in [1.29, 1.82) is 0 Å². The number of methoxy groups -OCH3 is 1. The number of imidazole rings is 1. The van der Waals surface area contributed by atoms with Crippen molar-refractivity contribution in [3.05, 3.63) is 59.3 Å². The molecule has 0 bridgehead atoms. The molecule has 4 heterocycles. The van der Waals surface area contributed by atoms with Gasteiger partial charge < -0.3 is 15.0 Å². The number of rotatable bonds is 3. The minimum Gasteiger partial charge on any atom is -0.465 e. The zero-order chi connectivity index (χ0) is 20.8. The molecule has 1 aliphatic heterocycles. The molecule has 0 fully saturated rings. The van der Waals surface area contributed by atoms with Gasteiger partial charge in [0, 0.05) is 17.9 Å². The third-order valence-electron chi connectivity index (χ3n) is 5.24. The van der Waals surface area contributed by atoms with E-state index in [-0.39, 0.29) is 18.2 Å². The average molecular weight is 403 g/mol. The van der Waals surface area contributed by atoms with E-state index >= 15 is 0 Å². The molecule has 1 aromatic carbocycles. The fourth-order valence-electron chi connectivity index (χ4n) is 3.87. The second-order valence-corrected chi connectivity index (χ2v) is 6.98. The van der Waals surface area contributed by atoms with Gasteiger partial charge in [-0.1, -0.05) is 12.1 Å². The van der Waals surface area contributed by atoms with Gasteiger partial charge in [0.25, 0.3) is 0 Å². The first-order chi connectivity index (χ1) is 14.6. The Morgan fingerprint density at radius 3 is 2.77 bits per heavy atom. The second-order valence-electron chi connectivity index (χ2n) is 6.98. The molecule has 3 aromatic heterocycles. The Balaban J connectivity index is 1.63. The Labute approximate surface area is 170 Å². The molecule has 4 aromatic rings. The number of hydrogen-bond acceptors (Lipinski definition) is 7. The first kappa shape index (κ1) is 18.0. The van der Waals surface area contributed by atoms with E-state index in [9.17, 15) is 9.59 Å². The predicted octanol–water partition coefficient (Wildman–Crippen LogP) is 2.11. The maximum absolute atomic E-state index is 12.6. The highest BCUT2D eigenvalue weighted by Crippen LogP contribution is 2.40. The third-order valence-corrected chi connectivity index (χ3v) is 5.24. The number of ether oxygens (including phenoxy) is 1. The molecule has 150 valence electrons. The largest absolute Gasteiger partial charge is 0.465 e. The summed E-state index contributed by atoms with van der Waals surface area (Å²) in [5.74, 6) is 0.345. The fraction of sp³-hybridized carbons (Fsp3) is 0.200. The number of nitrogens with one attached hydrogen (secondary N) is 2. The average Bonchev–Trinajstić information content (AvgIpc) is 3.37. The van der Waals surface area contributed by atoms with Gasteiger partial charge in [-0.2, -0.15) is 9.78 Å². The fourth-order valence-corrected chi connectivity index (χ4v) is 3.87. The SMILES string of the molecule is COC(=O)c1ccc([C@@H]2CC(=O)Nc3c2c(C)nn3-c2ncnc3nc[nH]c23)cc1. The number of carbonyl (C=O) groups excluding carboxylic acids is 2. The zero-order valence-electron chi connectivity index (χ0n) is 16.2. The minimum absolute atomic E-state index is 0.124. The van der Waals surface area contributed by atoms with Crippen LogP contribution in [-0.2, 0) is 9.53 Å². The van der Waals surface area contributed by atoms with Crippen molar-refractivity contribution in [3.63, 3.8) is 0 Å². The maximum atomic E-state index is 12.6. The quantitative estimate of drug-likeness (QED) is 0.501. The first-order valence-electron chi connectivity index (χ1n) is 9.29. The first-order valence-corrected chi connectivity index (χ1v) is 9.29. The monoisotopic (exact) mass is 403 g/mol. The van der Waals surface area contributed by atoms with Crippen LogP contribution < -0.4 is 5.32 Å². The van der Waals surface area contributed by atoms with Gasteiger partial charge in [-0.25, -0.2) is 19.7 Å². The van der Waals surface area contributed by atoms with Crippen molar-refractivity contribution in [3.8, 4) is 5.82 Å². The van der Waals surface area contributed by atoms with Crippen LogP contribution in [0.25, 0.3) is 17.0 Å². The van der Waals surface area contributed by atoms with Crippen LogP contribution in [0.5, 0.6) is 0 Å². The van der Waals surface area contributed by atoms with E-state index < -0.39 is 5.97 Å². The lowest BCUT2D eigenvalue weighted by Gasteiger charge is -2.24. The molecule has 2 N–H and O–H groups in total. The highest BCUT2D eigenvalue weighted by atomic mass is 16.5. The maximum Gasteiger partial charge on any atom is 0.337 e. The van der Waals surface area contributed by atoms with Gasteiger partial charge >= 0.3 is 5.97 Å². The van der Waals surface area contributed by atoms with Crippen LogP contribution in [0.2, 0.25) is 0 Å². The Morgan fingerprint density at radius 2 is 2.00 bits per heavy atom. The van der Waals surface area contributed by atoms with Gasteiger partial charge in [0.05, 0.1) is 24.7 Å². The molecule has 0 spiro atoms. The number of aryl methyl sites for hydroxylation is 1. The number of H-pyrrole nitrogens is 1. The Morgan fingerprint density at radius 1 is 1.20 bits per heavy atom. The van der Waals surface area contributed by atoms with Crippen molar-refractivity contribution in [2.75, 3.05) is 12.4 Å². The number of nitrogens with zero attached hydrogens (tertiary/aromatic N) is 5. The summed E-state index contributed by atoms with van der Waals surface area (Å²) in [5, 5.41) is 7.59. The van der Waals surface area contributed by atoms with Crippen molar-refractivity contribution in [2.45, 2.75) is 19.3 Å². The summed E-state index contributed by atoms with van der Waals surface area (Å²) < 4.78 is 6.37. The van der Waals surface area contributed by atoms with Crippen LogP contribution in [0, 0.1) is 6.92 Å². The molecule has 0 saturated carbocycles. The van der Waals surface area contributed by atoms with Crippen LogP contribution in [0.3, 0.4) is 0 Å². The van der Waals surface area contributed by atoms with E-state index in [2.05, 4.69) is 30.4 Å². The molecule has 0 radical (unpaired) electrons. The van der Waals surface area contributed by atoms with Crippen molar-refractivity contribution in [1.82, 2.24) is 29.7 Å². The minimum atomic E-state index is -0.403. The van der Waals surface area contributed by atoms with Gasteiger partial charge in [0.15, 0.2) is 11.5 Å². The smallest absolute Gasteiger partial charge is 0.337 e. The number of fused-ring (bicyclic) bond motifs is 2. The lowest BCUT2D eigenvalue weighted by atomic mass is 9.85. The molecule has 1 amide bonds. The summed E-state index contributed by atoms with van der Waals surface area (Å²) in [6, 6.07) is 7.08. The molecule has 1 atom stereocenters. The molecule has 10 nitrogen and oxygen atoms in total. The number of hydrogen-bond donors (Lipinski definition) is 2. The number of aromatic amines is 1. The number of aromatic nitrogens is 6. The summed E-state index contributed by atoms with van der Waals surface area (Å²) in [4.78, 5) is 40.0. The van der Waals surface area contributed by atoms with Crippen molar-refractivity contribution in [2.24, 2.45) is 0 Å². The number of amides is 1. The lowest BCUT2D eigenvalue weighted by Crippen LogP contribution is -2.25. The summed E-state index contributed by atoms with van der Waals surface area (Å²) >= 11 is 0. The number of benzene rings is 1. The Bertz CT molecular complexity index is 1290. The molecule has 0 aliphatic carbocycles. The highest BCUT2D eigenvalue weighted by molar-refractivity contribution is 5.95. The normalized spacial score (nSPS) is 15.7. The van der Waals surface area contributed by atoms with Crippen LogP contribution in [0.1, 0.15) is 39.5 Å². The van der Waals surface area contributed by atoms with Crippen LogP contribution >= 0.6 is 0 Å². The van der Waals surface area contributed by atoms with Gasteiger partial charge in [-0.05, 0) is 24.6 Å². The van der Waals surface area contributed by atoms with Gasteiger partial charge in [0.2, 0.25) is 5.91 Å². The van der Waals surface area contributed by atoms with Crippen LogP contribution in [-0.4, -0.2) is 48.7 Å². The number of esters is 1. The number of anilines is 1. The molecular weight excluding hydrogens is 386 g/mol. The number of carbonyl (C=O) groups is 2. The summed E-state index contributed by atoms with van der Waals surface area (Å²) in [7, 11) is 1.34. The van der Waals surface area contributed by atoms with Crippen molar-refractivity contribution >= 4 is 28.9 Å². The molecule has 10 heteroatoms. The summed E-state index contributed by atoms with van der Waals surface area (Å²) in [6.45, 7) is 1.90. The van der Waals surface area contributed by atoms with E-state index in [0.29, 0.717) is 28.4 Å². The standard InChI is InChI=1S/C20H17N7O3/c1-10-15-13(11-3-5-12(6-4-11)20(29)30-2)7-14(28)25-18(15)27(26-10)19-16-17(22-8-21-16)23-9-24-19/h3-6,8-9,13H,7H2,1-2H3,(H,25,28)(H,21,22,23,24)/t13-/m0/s1. The van der Waals surface area contributed by atoms with Crippen molar-refractivity contribution < 1.29 is 14.3 Å². The highest BCUT2D eigenvalue weighted by Gasteiger charge is 2.33. The van der Waals surface area contributed by atoms with Gasteiger partial charge in [-0.3, -0.25) is 4.79 Å². The van der Waals surface area contributed by atoms with E-state index in [1.807, 2.05) is 19.1 Å². The summed E-state index contributed by atoms with van der Waals surface area (Å²) in [6.07, 6.45) is 3.23. The molecule has 5 rings (SSSR count). The molecule has 30 heavy (non-hydrogen) atoms. The molecule has 1 aliphatic rings. The van der Waals surface area contributed by atoms with Crippen LogP contribution in [0.15, 0.2) is 36.9 Å². The Kier molecular flexibility index (Phi) is 4.05. The van der Waals surface area contributed by atoms with Gasteiger partial charge in [0.1, 0.15) is 17.7 Å². The predicted molar refractivity (Wildman–Crippen MR) is 106 cm³/mol. The second kappa shape index (κ2) is 6.76. The van der Waals surface area contributed by atoms with E-state index in [1.54, 1.807) is 16.8 Å². The van der Waals surface area contributed by atoms with E-state index in [0.717, 1.165) is 16.8 Å². The third kappa shape index (κ3) is 2.72. The Hall–Kier alpha value is -4.08. The zero-order valence-corrected chi connectivity index (χ0v) is 16.2. The molecule has 0 saturated heterocycles. The lowest BCUT2D eigenvalue weighted by molar-refractivity contribution is -0.116. The topological polar surface area (TPSA) is 128 Å². The summed E-state index contributed by atoms with van der Waals surface area (Å²) in [5.41, 5.74) is 4.19. The molecular formula is C20H17N7O3.